The van der Waals surface area contributed by atoms with E-state index in [1.54, 1.807) is 18.9 Å². The molecule has 0 spiro atoms. The summed E-state index contributed by atoms with van der Waals surface area (Å²) >= 11 is 5.33. The zero-order valence-electron chi connectivity index (χ0n) is 12.9. The van der Waals surface area contributed by atoms with Gasteiger partial charge in [-0.2, -0.15) is 11.8 Å². The van der Waals surface area contributed by atoms with Crippen LogP contribution in [0, 0.1) is 0 Å². The molecule has 0 heterocycles. The van der Waals surface area contributed by atoms with Crippen molar-refractivity contribution in [2.75, 3.05) is 25.7 Å². The molecule has 0 aliphatic carbocycles. The zero-order chi connectivity index (χ0) is 15.2. The minimum absolute atomic E-state index is 0.0905. The summed E-state index contributed by atoms with van der Waals surface area (Å²) in [6.45, 7) is 7.93. The number of rotatable bonds is 7. The molecule has 1 N–H and O–H groups in total. The molecule has 3 nitrogen and oxygen atoms in total. The fourth-order valence-electron chi connectivity index (χ4n) is 1.61. The van der Waals surface area contributed by atoms with Crippen molar-refractivity contribution >= 4 is 27.7 Å². The third kappa shape index (κ3) is 5.94. The minimum atomic E-state index is 0.0905. The quantitative estimate of drug-likeness (QED) is 0.741. The topological polar surface area (TPSA) is 30.5 Å². The number of benzene rings is 1. The Morgan fingerprint density at radius 2 is 2.00 bits per heavy atom. The third-order valence-electron chi connectivity index (χ3n) is 2.65. The maximum absolute atomic E-state index is 5.79. The molecule has 5 heteroatoms. The van der Waals surface area contributed by atoms with Crippen LogP contribution in [0.5, 0.6) is 11.5 Å². The Morgan fingerprint density at radius 1 is 1.30 bits per heavy atom. The number of ether oxygens (including phenoxy) is 2. The Kier molecular flexibility index (Phi) is 7.20. The number of nitrogens with one attached hydrogen (secondary N) is 1. The number of halogens is 1. The number of thioether (sulfide) groups is 1. The van der Waals surface area contributed by atoms with E-state index < -0.39 is 0 Å². The van der Waals surface area contributed by atoms with E-state index >= 15 is 0 Å². The number of hydrogen-bond acceptors (Lipinski definition) is 4. The molecule has 1 rings (SSSR count). The molecule has 114 valence electrons. The summed E-state index contributed by atoms with van der Waals surface area (Å²) in [4.78, 5) is 0. The van der Waals surface area contributed by atoms with Crippen molar-refractivity contribution in [3.8, 4) is 11.5 Å². The van der Waals surface area contributed by atoms with E-state index in [4.69, 9.17) is 9.47 Å². The molecule has 0 radical (unpaired) electrons. The first-order valence-electron chi connectivity index (χ1n) is 6.60. The van der Waals surface area contributed by atoms with E-state index in [0.717, 1.165) is 28.3 Å². The van der Waals surface area contributed by atoms with Crippen LogP contribution in [-0.2, 0) is 6.54 Å². The fraction of sp³-hybridized carbons (Fsp3) is 0.600. The molecule has 1 aromatic carbocycles. The Bertz CT molecular complexity index is 433. The lowest BCUT2D eigenvalue weighted by Crippen LogP contribution is -2.35. The van der Waals surface area contributed by atoms with Crippen LogP contribution in [0.15, 0.2) is 16.6 Å². The highest BCUT2D eigenvalue weighted by Crippen LogP contribution is 2.36. The second kappa shape index (κ2) is 8.15. The second-order valence-electron chi connectivity index (χ2n) is 5.55. The summed E-state index contributed by atoms with van der Waals surface area (Å²) in [5.41, 5.74) is 1.26. The molecule has 1 aromatic rings. The first kappa shape index (κ1) is 17.7. The predicted molar refractivity (Wildman–Crippen MR) is 91.2 cm³/mol. The van der Waals surface area contributed by atoms with E-state index in [2.05, 4.69) is 54.3 Å². The lowest BCUT2D eigenvalue weighted by Gasteiger charge is -2.21. The van der Waals surface area contributed by atoms with Gasteiger partial charge in [0.25, 0.3) is 0 Å². The molecule has 0 saturated carbocycles. The van der Waals surface area contributed by atoms with Gasteiger partial charge < -0.3 is 14.8 Å². The molecule has 0 bridgehead atoms. The summed E-state index contributed by atoms with van der Waals surface area (Å²) in [6.07, 6.45) is 2.07. The monoisotopic (exact) mass is 361 g/mol. The Morgan fingerprint density at radius 3 is 2.55 bits per heavy atom. The van der Waals surface area contributed by atoms with E-state index in [0.29, 0.717) is 6.61 Å². The lowest BCUT2D eigenvalue weighted by molar-refractivity contribution is 0.311. The molecule has 0 amide bonds. The molecule has 0 aliphatic rings. The largest absolute Gasteiger partial charge is 0.493 e. The molecule has 0 saturated heterocycles. The molecule has 0 atom stereocenters. The third-order valence-corrected chi connectivity index (χ3v) is 3.81. The molecule has 0 fully saturated rings. The fourth-order valence-corrected chi connectivity index (χ4v) is 2.46. The normalized spacial score (nSPS) is 11.5. The van der Waals surface area contributed by atoms with E-state index in [-0.39, 0.29) is 5.54 Å². The van der Waals surface area contributed by atoms with Crippen molar-refractivity contribution < 1.29 is 9.47 Å². The Balaban J connectivity index is 2.83. The van der Waals surface area contributed by atoms with Gasteiger partial charge in [-0.05, 0) is 60.7 Å². The van der Waals surface area contributed by atoms with Gasteiger partial charge in [0.05, 0.1) is 18.2 Å². The van der Waals surface area contributed by atoms with Crippen LogP contribution in [0.1, 0.15) is 26.3 Å². The number of methoxy groups -OCH3 is 1. The van der Waals surface area contributed by atoms with Crippen LogP contribution in [0.2, 0.25) is 0 Å². The first-order valence-corrected chi connectivity index (χ1v) is 8.79. The molecule has 0 unspecified atom stereocenters. The average Bonchev–Trinajstić information content (AvgIpc) is 2.37. The maximum atomic E-state index is 5.79. The van der Waals surface area contributed by atoms with Gasteiger partial charge in [0.15, 0.2) is 11.5 Å². The van der Waals surface area contributed by atoms with E-state index in [1.165, 1.54) is 5.56 Å². The lowest BCUT2D eigenvalue weighted by atomic mass is 10.1. The van der Waals surface area contributed by atoms with Gasteiger partial charge in [-0.1, -0.05) is 0 Å². The smallest absolute Gasteiger partial charge is 0.175 e. The highest BCUT2D eigenvalue weighted by atomic mass is 79.9. The van der Waals surface area contributed by atoms with Gasteiger partial charge in [0.2, 0.25) is 0 Å². The SMILES string of the molecule is COc1cc(CNC(C)(C)C)cc(Br)c1OCCSC. The number of hydrogen-bond donors (Lipinski definition) is 1. The summed E-state index contributed by atoms with van der Waals surface area (Å²) in [5.74, 6) is 2.51. The van der Waals surface area contributed by atoms with Crippen molar-refractivity contribution in [3.63, 3.8) is 0 Å². The highest BCUT2D eigenvalue weighted by Gasteiger charge is 2.14. The van der Waals surface area contributed by atoms with E-state index in [1.807, 2.05) is 6.07 Å². The molecule has 20 heavy (non-hydrogen) atoms. The van der Waals surface area contributed by atoms with Gasteiger partial charge in [0, 0.05) is 17.8 Å². The van der Waals surface area contributed by atoms with Crippen molar-refractivity contribution in [1.29, 1.82) is 0 Å². The zero-order valence-corrected chi connectivity index (χ0v) is 15.3. The van der Waals surface area contributed by atoms with Crippen molar-refractivity contribution in [2.45, 2.75) is 32.9 Å². The van der Waals surface area contributed by atoms with Gasteiger partial charge in [-0.25, -0.2) is 0 Å². The van der Waals surface area contributed by atoms with E-state index in [9.17, 15) is 0 Å². The summed E-state index contributed by atoms with van der Waals surface area (Å²) in [6, 6.07) is 4.10. The molecular weight excluding hydrogens is 338 g/mol. The van der Waals surface area contributed by atoms with Crippen molar-refractivity contribution in [3.05, 3.63) is 22.2 Å². The first-order chi connectivity index (χ1) is 9.37. The Hall–Kier alpha value is -0.390. The second-order valence-corrected chi connectivity index (χ2v) is 7.39. The summed E-state index contributed by atoms with van der Waals surface area (Å²) in [7, 11) is 1.67. The summed E-state index contributed by atoms with van der Waals surface area (Å²) < 4.78 is 12.2. The summed E-state index contributed by atoms with van der Waals surface area (Å²) in [5, 5.41) is 3.47. The molecular formula is C15H24BrNO2S. The maximum Gasteiger partial charge on any atom is 0.175 e. The van der Waals surface area contributed by atoms with Crippen LogP contribution in [0.25, 0.3) is 0 Å². The van der Waals surface area contributed by atoms with Crippen LogP contribution in [-0.4, -0.2) is 31.3 Å². The van der Waals surface area contributed by atoms with Gasteiger partial charge in [-0.3, -0.25) is 0 Å². The van der Waals surface area contributed by atoms with Crippen LogP contribution >= 0.6 is 27.7 Å². The van der Waals surface area contributed by atoms with Crippen LogP contribution < -0.4 is 14.8 Å². The van der Waals surface area contributed by atoms with Crippen molar-refractivity contribution in [1.82, 2.24) is 5.32 Å². The Labute approximate surface area is 134 Å². The van der Waals surface area contributed by atoms with Crippen molar-refractivity contribution in [2.24, 2.45) is 0 Å². The van der Waals surface area contributed by atoms with Gasteiger partial charge in [0.1, 0.15) is 0 Å². The average molecular weight is 362 g/mol. The molecule has 0 aromatic heterocycles. The predicted octanol–water partition coefficient (Wildman–Crippen LogP) is 4.09. The van der Waals surface area contributed by atoms with Gasteiger partial charge in [-0.15, -0.1) is 0 Å². The van der Waals surface area contributed by atoms with Gasteiger partial charge >= 0.3 is 0 Å². The molecule has 0 aliphatic heterocycles. The highest BCUT2D eigenvalue weighted by molar-refractivity contribution is 9.10. The van der Waals surface area contributed by atoms with Crippen LogP contribution in [0.4, 0.5) is 0 Å². The minimum Gasteiger partial charge on any atom is -0.493 e. The van der Waals surface area contributed by atoms with Crippen LogP contribution in [0.3, 0.4) is 0 Å². The standard InChI is InChI=1S/C15H24BrNO2S/c1-15(2,3)17-10-11-8-12(16)14(13(9-11)18-4)19-6-7-20-5/h8-9,17H,6-7,10H2,1-5H3.